The lowest BCUT2D eigenvalue weighted by molar-refractivity contribution is -0.139. The molecule has 0 spiro atoms. The molecule has 7 nitrogen and oxygen atoms in total. The van der Waals surface area contributed by atoms with E-state index < -0.39 is 11.8 Å². The molecule has 0 bridgehead atoms. The van der Waals surface area contributed by atoms with Crippen LogP contribution in [0.2, 0.25) is 0 Å². The van der Waals surface area contributed by atoms with Gasteiger partial charge in [-0.1, -0.05) is 38.0 Å². The third-order valence-electron chi connectivity index (χ3n) is 5.48. The van der Waals surface area contributed by atoms with E-state index in [1.807, 2.05) is 18.2 Å². The van der Waals surface area contributed by atoms with E-state index in [-0.39, 0.29) is 6.04 Å². The van der Waals surface area contributed by atoms with Crippen molar-refractivity contribution >= 4 is 17.5 Å². The largest absolute Gasteiger partial charge is 0.468 e. The van der Waals surface area contributed by atoms with Gasteiger partial charge in [-0.2, -0.15) is 0 Å². The molecule has 1 aliphatic rings. The lowest BCUT2D eigenvalue weighted by atomic mass is 10.1. The van der Waals surface area contributed by atoms with Crippen molar-refractivity contribution in [2.45, 2.75) is 32.2 Å². The summed E-state index contributed by atoms with van der Waals surface area (Å²) in [7, 11) is 0. The van der Waals surface area contributed by atoms with Crippen molar-refractivity contribution in [2.24, 2.45) is 0 Å². The van der Waals surface area contributed by atoms with Crippen LogP contribution in [0.25, 0.3) is 0 Å². The highest BCUT2D eigenvalue weighted by Gasteiger charge is 2.28. The molecule has 2 amide bonds. The molecule has 2 N–H and O–H groups in total. The maximum Gasteiger partial charge on any atom is 0.309 e. The normalized spacial score (nSPS) is 15.6. The summed E-state index contributed by atoms with van der Waals surface area (Å²) in [6.45, 7) is 6.45. The van der Waals surface area contributed by atoms with Crippen molar-refractivity contribution in [3.05, 3.63) is 54.5 Å². The van der Waals surface area contributed by atoms with E-state index >= 15 is 0 Å². The minimum atomic E-state index is -0.592. The smallest absolute Gasteiger partial charge is 0.309 e. The molecule has 7 heteroatoms. The molecular formula is C23H32N4O3. The van der Waals surface area contributed by atoms with Crippen LogP contribution in [-0.4, -0.2) is 56.0 Å². The summed E-state index contributed by atoms with van der Waals surface area (Å²) in [6, 6.07) is 14.0. The molecule has 1 aliphatic heterocycles. The van der Waals surface area contributed by atoms with Crippen molar-refractivity contribution in [1.82, 2.24) is 15.5 Å². The number of hydrogen-bond acceptors (Lipinski definition) is 5. The SMILES string of the molecule is CCCCCNC(=O)C(=O)NC[C@@H](c1ccco1)N1CCN(c2ccccc2)CC1. The predicted molar refractivity (Wildman–Crippen MR) is 117 cm³/mol. The summed E-state index contributed by atoms with van der Waals surface area (Å²) in [6.07, 6.45) is 4.64. The van der Waals surface area contributed by atoms with Crippen LogP contribution in [0.5, 0.6) is 0 Å². The van der Waals surface area contributed by atoms with Crippen LogP contribution in [0.15, 0.2) is 53.1 Å². The maximum absolute atomic E-state index is 12.2. The van der Waals surface area contributed by atoms with Gasteiger partial charge in [-0.15, -0.1) is 0 Å². The van der Waals surface area contributed by atoms with Gasteiger partial charge in [-0.25, -0.2) is 0 Å². The van der Waals surface area contributed by atoms with Crippen molar-refractivity contribution in [3.8, 4) is 0 Å². The minimum Gasteiger partial charge on any atom is -0.468 e. The molecule has 1 saturated heterocycles. The number of furan rings is 1. The first-order valence-electron chi connectivity index (χ1n) is 10.8. The molecule has 1 fully saturated rings. The average Bonchev–Trinajstić information content (AvgIpc) is 3.32. The van der Waals surface area contributed by atoms with E-state index in [0.29, 0.717) is 13.1 Å². The first-order chi connectivity index (χ1) is 14.7. The van der Waals surface area contributed by atoms with Crippen LogP contribution < -0.4 is 15.5 Å². The topological polar surface area (TPSA) is 77.8 Å². The molecule has 0 saturated carbocycles. The summed E-state index contributed by atoms with van der Waals surface area (Å²) in [5.41, 5.74) is 1.22. The van der Waals surface area contributed by atoms with E-state index in [1.54, 1.807) is 6.26 Å². The summed E-state index contributed by atoms with van der Waals surface area (Å²) in [5.74, 6) is -0.365. The zero-order valence-corrected chi connectivity index (χ0v) is 17.7. The third kappa shape index (κ3) is 6.10. The summed E-state index contributed by atoms with van der Waals surface area (Å²) in [4.78, 5) is 28.9. The number of carbonyl (C=O) groups excluding carboxylic acids is 2. The molecule has 0 radical (unpaired) electrons. The van der Waals surface area contributed by atoms with Gasteiger partial charge in [-0.05, 0) is 30.7 Å². The van der Waals surface area contributed by atoms with Crippen LogP contribution in [0.1, 0.15) is 38.0 Å². The lowest BCUT2D eigenvalue weighted by Gasteiger charge is -2.39. The highest BCUT2D eigenvalue weighted by molar-refractivity contribution is 6.35. The average molecular weight is 413 g/mol. The minimum absolute atomic E-state index is 0.102. The molecule has 0 aliphatic carbocycles. The predicted octanol–water partition coefficient (Wildman–Crippen LogP) is 2.57. The van der Waals surface area contributed by atoms with Crippen molar-refractivity contribution < 1.29 is 14.0 Å². The van der Waals surface area contributed by atoms with Crippen LogP contribution in [0.3, 0.4) is 0 Å². The van der Waals surface area contributed by atoms with Gasteiger partial charge in [0.05, 0.1) is 12.3 Å². The second-order valence-electron chi connectivity index (χ2n) is 7.56. The molecule has 30 heavy (non-hydrogen) atoms. The molecule has 1 aromatic heterocycles. The van der Waals surface area contributed by atoms with E-state index in [1.165, 1.54) is 5.69 Å². The van der Waals surface area contributed by atoms with E-state index in [2.05, 4.69) is 51.6 Å². The Hall–Kier alpha value is -2.80. The van der Waals surface area contributed by atoms with Crippen LogP contribution in [-0.2, 0) is 9.59 Å². The number of para-hydroxylation sites is 1. The first kappa shape index (κ1) is 21.9. The second kappa shape index (κ2) is 11.4. The lowest BCUT2D eigenvalue weighted by Crippen LogP contribution is -2.50. The number of nitrogens with zero attached hydrogens (tertiary/aromatic N) is 2. The van der Waals surface area contributed by atoms with Gasteiger partial charge in [0.25, 0.3) is 0 Å². The molecule has 162 valence electrons. The fourth-order valence-corrected chi connectivity index (χ4v) is 3.75. The summed E-state index contributed by atoms with van der Waals surface area (Å²) in [5, 5.41) is 5.47. The molecule has 0 unspecified atom stereocenters. The van der Waals surface area contributed by atoms with E-state index in [4.69, 9.17) is 4.42 Å². The van der Waals surface area contributed by atoms with E-state index in [9.17, 15) is 9.59 Å². The molecule has 1 aromatic carbocycles. The van der Waals surface area contributed by atoms with Crippen LogP contribution >= 0.6 is 0 Å². The Labute approximate surface area is 178 Å². The standard InChI is InChI=1S/C23H32N4O3/c1-2-3-7-12-24-22(28)23(29)25-18-20(21-11-8-17-30-21)27-15-13-26(14-16-27)19-9-5-4-6-10-19/h4-6,8-11,17,20H,2-3,7,12-16,18H2,1H3,(H,24,28)(H,25,29)/t20-/m0/s1. The summed E-state index contributed by atoms with van der Waals surface area (Å²) >= 11 is 0. The molecule has 3 rings (SSSR count). The number of carbonyl (C=O) groups is 2. The first-order valence-corrected chi connectivity index (χ1v) is 10.8. The number of nitrogens with one attached hydrogen (secondary N) is 2. The Morgan fingerprint density at radius 1 is 0.967 bits per heavy atom. The van der Waals surface area contributed by atoms with Crippen molar-refractivity contribution in [2.75, 3.05) is 44.2 Å². The number of piperazine rings is 1. The second-order valence-corrected chi connectivity index (χ2v) is 7.56. The number of amides is 2. The van der Waals surface area contributed by atoms with Gasteiger partial charge in [0, 0.05) is 45.0 Å². The molecular weight excluding hydrogens is 380 g/mol. The summed E-state index contributed by atoms with van der Waals surface area (Å²) < 4.78 is 5.64. The Balaban J connectivity index is 1.53. The molecule has 2 heterocycles. The number of unbranched alkanes of at least 4 members (excludes halogenated alkanes) is 2. The molecule has 1 atom stereocenters. The Morgan fingerprint density at radius 3 is 2.37 bits per heavy atom. The van der Waals surface area contributed by atoms with Gasteiger partial charge >= 0.3 is 11.8 Å². The van der Waals surface area contributed by atoms with Gasteiger partial charge in [-0.3, -0.25) is 14.5 Å². The van der Waals surface area contributed by atoms with Crippen LogP contribution in [0, 0.1) is 0 Å². The Morgan fingerprint density at radius 2 is 1.70 bits per heavy atom. The van der Waals surface area contributed by atoms with Gasteiger partial charge in [0.1, 0.15) is 5.76 Å². The highest BCUT2D eigenvalue weighted by atomic mass is 16.3. The monoisotopic (exact) mass is 412 g/mol. The quantitative estimate of drug-likeness (QED) is 0.489. The van der Waals surface area contributed by atoms with Gasteiger partial charge < -0.3 is 20.0 Å². The highest BCUT2D eigenvalue weighted by Crippen LogP contribution is 2.24. The number of benzene rings is 1. The number of anilines is 1. The van der Waals surface area contributed by atoms with Crippen molar-refractivity contribution in [3.63, 3.8) is 0 Å². The molecule has 2 aromatic rings. The zero-order chi connectivity index (χ0) is 21.2. The maximum atomic E-state index is 12.2. The fourth-order valence-electron chi connectivity index (χ4n) is 3.75. The van der Waals surface area contributed by atoms with Gasteiger partial charge in [0.15, 0.2) is 0 Å². The Kier molecular flexibility index (Phi) is 8.32. The zero-order valence-electron chi connectivity index (χ0n) is 17.7. The van der Waals surface area contributed by atoms with E-state index in [0.717, 1.165) is 51.2 Å². The van der Waals surface area contributed by atoms with Gasteiger partial charge in [0.2, 0.25) is 0 Å². The van der Waals surface area contributed by atoms with Crippen molar-refractivity contribution in [1.29, 1.82) is 0 Å². The third-order valence-corrected chi connectivity index (χ3v) is 5.48. The fraction of sp³-hybridized carbons (Fsp3) is 0.478. The Bertz CT molecular complexity index is 771. The number of hydrogen-bond donors (Lipinski definition) is 2. The van der Waals surface area contributed by atoms with Crippen LogP contribution in [0.4, 0.5) is 5.69 Å². The number of rotatable bonds is 9.